The van der Waals surface area contributed by atoms with E-state index in [2.05, 4.69) is 0 Å². The van der Waals surface area contributed by atoms with Gasteiger partial charge in [0, 0.05) is 31.3 Å². The van der Waals surface area contributed by atoms with E-state index in [0.29, 0.717) is 13.0 Å². The van der Waals surface area contributed by atoms with Crippen molar-refractivity contribution in [2.45, 2.75) is 76.8 Å². The summed E-state index contributed by atoms with van der Waals surface area (Å²) in [5.74, 6) is -5.61. The molecule has 3 aliphatic rings. The van der Waals surface area contributed by atoms with Crippen molar-refractivity contribution in [2.24, 2.45) is 17.8 Å². The number of halogens is 2. The van der Waals surface area contributed by atoms with Crippen molar-refractivity contribution < 1.29 is 32.6 Å². The quantitative estimate of drug-likeness (QED) is 0.494. The number of carbonyl (C=O) groups is 2. The maximum Gasteiger partial charge on any atom is 0.309 e. The fourth-order valence-electron chi connectivity index (χ4n) is 4.26. The minimum absolute atomic E-state index is 0.145. The van der Waals surface area contributed by atoms with E-state index < -0.39 is 18.1 Å². The zero-order valence-corrected chi connectivity index (χ0v) is 15.9. The Hall–Kier alpha value is -1.34. The van der Waals surface area contributed by atoms with E-state index in [1.807, 2.05) is 0 Å². The van der Waals surface area contributed by atoms with Crippen molar-refractivity contribution in [1.29, 1.82) is 0 Å². The van der Waals surface area contributed by atoms with Gasteiger partial charge in [-0.05, 0) is 31.3 Å². The molecular formula is C20H28F2O5. The number of allylic oxidation sites excluding steroid dienone is 1. The Balaban J connectivity index is 1.69. The topological polar surface area (TPSA) is 61.8 Å². The first kappa shape index (κ1) is 20.4. The molecule has 0 radical (unpaired) electrons. The molecule has 7 heteroatoms. The van der Waals surface area contributed by atoms with E-state index in [-0.39, 0.29) is 48.6 Å². The van der Waals surface area contributed by atoms with Gasteiger partial charge in [-0.2, -0.15) is 8.78 Å². The number of alkyl halides is 2. The van der Waals surface area contributed by atoms with E-state index in [1.165, 1.54) is 6.08 Å². The van der Waals surface area contributed by atoms with Crippen molar-refractivity contribution in [3.8, 4) is 0 Å². The van der Waals surface area contributed by atoms with Crippen molar-refractivity contribution in [3.05, 3.63) is 12.2 Å². The average Bonchev–Trinajstić information content (AvgIpc) is 3.08. The minimum Gasteiger partial charge on any atom is -0.462 e. The van der Waals surface area contributed by atoms with Crippen LogP contribution in [0.15, 0.2) is 12.2 Å². The van der Waals surface area contributed by atoms with Crippen LogP contribution in [0, 0.1) is 17.8 Å². The first-order chi connectivity index (χ1) is 12.8. The molecule has 5 atom stereocenters. The van der Waals surface area contributed by atoms with Gasteiger partial charge in [0.05, 0.1) is 12.5 Å². The van der Waals surface area contributed by atoms with Crippen LogP contribution in [0.25, 0.3) is 0 Å². The molecule has 2 heterocycles. The van der Waals surface area contributed by atoms with Crippen LogP contribution in [0.2, 0.25) is 0 Å². The standard InChI is InChI=1S/C20H28F2O5/c1-12(2)11-20(21,22)17(23)7-6-13-14-9-18(24)26-16(14)10-15(13)27-19-5-3-4-8-25-19/h6-7,12-16,19H,3-5,8-11H2,1-2H3/b7-6+/t13-,14-,15-,16+,19?/m1/s1. The van der Waals surface area contributed by atoms with Gasteiger partial charge >= 0.3 is 11.9 Å². The number of ether oxygens (including phenoxy) is 3. The lowest BCUT2D eigenvalue weighted by atomic mass is 9.90. The number of hydrogen-bond acceptors (Lipinski definition) is 5. The molecule has 0 bridgehead atoms. The highest BCUT2D eigenvalue weighted by Gasteiger charge is 2.50. The first-order valence-electron chi connectivity index (χ1n) is 9.83. The molecular weight excluding hydrogens is 358 g/mol. The molecule has 0 aromatic carbocycles. The Morgan fingerprint density at radius 2 is 2.15 bits per heavy atom. The highest BCUT2D eigenvalue weighted by molar-refractivity contribution is 5.95. The summed E-state index contributed by atoms with van der Waals surface area (Å²) in [5, 5.41) is 0. The predicted octanol–water partition coefficient (Wildman–Crippen LogP) is 3.66. The van der Waals surface area contributed by atoms with Gasteiger partial charge in [0.25, 0.3) is 0 Å². The molecule has 1 saturated carbocycles. The molecule has 2 aliphatic heterocycles. The number of ketones is 1. The molecule has 1 aliphatic carbocycles. The number of rotatable bonds is 7. The SMILES string of the molecule is CC(C)CC(F)(F)C(=O)/C=C/[C@@H]1[C@H]2CC(=O)O[C@H]2C[C@H]1OC1CCCCO1. The van der Waals surface area contributed by atoms with Gasteiger partial charge in [0.15, 0.2) is 6.29 Å². The van der Waals surface area contributed by atoms with Crippen molar-refractivity contribution in [3.63, 3.8) is 0 Å². The van der Waals surface area contributed by atoms with Crippen LogP contribution >= 0.6 is 0 Å². The van der Waals surface area contributed by atoms with E-state index in [0.717, 1.165) is 25.3 Å². The Morgan fingerprint density at radius 1 is 1.37 bits per heavy atom. The predicted molar refractivity (Wildman–Crippen MR) is 93.1 cm³/mol. The number of hydrogen-bond donors (Lipinski definition) is 0. The maximum absolute atomic E-state index is 14.0. The lowest BCUT2D eigenvalue weighted by Crippen LogP contribution is -2.32. The third kappa shape index (κ3) is 4.93. The van der Waals surface area contributed by atoms with Crippen LogP contribution in [-0.2, 0) is 23.8 Å². The summed E-state index contributed by atoms with van der Waals surface area (Å²) in [5.41, 5.74) is 0. The molecule has 3 rings (SSSR count). The summed E-state index contributed by atoms with van der Waals surface area (Å²) in [4.78, 5) is 23.6. The summed E-state index contributed by atoms with van der Waals surface area (Å²) in [7, 11) is 0. The number of carbonyl (C=O) groups excluding carboxylic acids is 2. The molecule has 0 aromatic heterocycles. The van der Waals surface area contributed by atoms with Crippen LogP contribution in [0.1, 0.15) is 52.4 Å². The lowest BCUT2D eigenvalue weighted by molar-refractivity contribution is -0.194. The smallest absolute Gasteiger partial charge is 0.309 e. The first-order valence-corrected chi connectivity index (χ1v) is 9.83. The number of fused-ring (bicyclic) bond motifs is 1. The van der Waals surface area contributed by atoms with Gasteiger partial charge in [-0.15, -0.1) is 0 Å². The molecule has 27 heavy (non-hydrogen) atoms. The average molecular weight is 386 g/mol. The molecule has 0 spiro atoms. The molecule has 2 saturated heterocycles. The summed E-state index contributed by atoms with van der Waals surface area (Å²) in [6, 6.07) is 0. The fraction of sp³-hybridized carbons (Fsp3) is 0.800. The summed E-state index contributed by atoms with van der Waals surface area (Å²) in [6.07, 6.45) is 4.59. The Bertz CT molecular complexity index is 583. The monoisotopic (exact) mass is 386 g/mol. The molecule has 0 N–H and O–H groups in total. The maximum atomic E-state index is 14.0. The third-order valence-electron chi connectivity index (χ3n) is 5.51. The van der Waals surface area contributed by atoms with E-state index in [9.17, 15) is 18.4 Å². The number of esters is 1. The summed E-state index contributed by atoms with van der Waals surface area (Å²) in [6.45, 7) is 3.95. The molecule has 3 fully saturated rings. The second kappa shape index (κ2) is 8.35. The van der Waals surface area contributed by atoms with Gasteiger partial charge in [-0.3, -0.25) is 9.59 Å². The van der Waals surface area contributed by atoms with E-state index >= 15 is 0 Å². The fourth-order valence-corrected chi connectivity index (χ4v) is 4.26. The van der Waals surface area contributed by atoms with Crippen LogP contribution in [0.3, 0.4) is 0 Å². The second-order valence-corrected chi connectivity index (χ2v) is 8.21. The minimum atomic E-state index is -3.38. The van der Waals surface area contributed by atoms with E-state index in [1.54, 1.807) is 13.8 Å². The molecule has 1 unspecified atom stereocenters. The Labute approximate surface area is 158 Å². The Kier molecular flexibility index (Phi) is 6.31. The Morgan fingerprint density at radius 3 is 2.81 bits per heavy atom. The van der Waals surface area contributed by atoms with Crippen LogP contribution in [0.5, 0.6) is 0 Å². The van der Waals surface area contributed by atoms with Gasteiger partial charge < -0.3 is 14.2 Å². The van der Waals surface area contributed by atoms with Crippen molar-refractivity contribution in [2.75, 3.05) is 6.61 Å². The summed E-state index contributed by atoms with van der Waals surface area (Å²) < 4.78 is 45.0. The molecule has 0 amide bonds. The van der Waals surface area contributed by atoms with Gasteiger partial charge in [-0.1, -0.05) is 19.9 Å². The largest absolute Gasteiger partial charge is 0.462 e. The van der Waals surface area contributed by atoms with Gasteiger partial charge in [-0.25, -0.2) is 0 Å². The molecule has 152 valence electrons. The van der Waals surface area contributed by atoms with Crippen molar-refractivity contribution in [1.82, 2.24) is 0 Å². The highest BCUT2D eigenvalue weighted by atomic mass is 19.3. The van der Waals surface area contributed by atoms with Gasteiger partial charge in [0.1, 0.15) is 6.10 Å². The third-order valence-corrected chi connectivity index (χ3v) is 5.51. The zero-order valence-electron chi connectivity index (χ0n) is 15.9. The van der Waals surface area contributed by atoms with Crippen LogP contribution < -0.4 is 0 Å². The van der Waals surface area contributed by atoms with Crippen LogP contribution in [0.4, 0.5) is 8.78 Å². The summed E-state index contributed by atoms with van der Waals surface area (Å²) >= 11 is 0. The van der Waals surface area contributed by atoms with Crippen LogP contribution in [-0.4, -0.2) is 42.8 Å². The van der Waals surface area contributed by atoms with Gasteiger partial charge in [0.2, 0.25) is 5.78 Å². The highest BCUT2D eigenvalue weighted by Crippen LogP contribution is 2.44. The molecule has 0 aromatic rings. The van der Waals surface area contributed by atoms with E-state index in [4.69, 9.17) is 14.2 Å². The normalized spacial score (nSPS) is 34.3. The second-order valence-electron chi connectivity index (χ2n) is 8.21. The zero-order chi connectivity index (χ0) is 19.6. The van der Waals surface area contributed by atoms with Crippen molar-refractivity contribution >= 4 is 11.8 Å². The molecule has 5 nitrogen and oxygen atoms in total. The lowest BCUT2D eigenvalue weighted by Gasteiger charge is -2.28.